The number of carbonyl (C=O) groups excluding carboxylic acids is 1. The van der Waals surface area contributed by atoms with Crippen LogP contribution in [-0.4, -0.2) is 23.7 Å². The van der Waals surface area contributed by atoms with Crippen molar-refractivity contribution in [1.82, 2.24) is 0 Å². The van der Waals surface area contributed by atoms with E-state index < -0.39 is 5.97 Å². The van der Waals surface area contributed by atoms with E-state index in [1.807, 2.05) is 0 Å². The number of carboxylic acids is 1. The molecule has 1 saturated carbocycles. The average molecular weight is 397 g/mol. The zero-order valence-corrected chi connectivity index (χ0v) is 18.3. The molecule has 0 amide bonds. The number of hydrogen-bond donors (Lipinski definition) is 1. The van der Waals surface area contributed by atoms with Crippen LogP contribution in [0.2, 0.25) is 0 Å². The third kappa shape index (κ3) is 12.4. The van der Waals surface area contributed by atoms with E-state index in [0.29, 0.717) is 32.3 Å². The topological polar surface area (TPSA) is 63.6 Å². The van der Waals surface area contributed by atoms with E-state index in [-0.39, 0.29) is 17.8 Å². The number of unbranched alkanes of at least 4 members (excludes halogenated alkanes) is 13. The minimum absolute atomic E-state index is 0.0813. The van der Waals surface area contributed by atoms with E-state index in [1.54, 1.807) is 0 Å². The summed E-state index contributed by atoms with van der Waals surface area (Å²) >= 11 is 0. The van der Waals surface area contributed by atoms with Crippen LogP contribution in [0.4, 0.5) is 0 Å². The molecule has 4 nitrogen and oxygen atoms in total. The molecule has 0 saturated heterocycles. The van der Waals surface area contributed by atoms with Gasteiger partial charge in [0.1, 0.15) is 0 Å². The quantitative estimate of drug-likeness (QED) is 0.214. The molecule has 28 heavy (non-hydrogen) atoms. The van der Waals surface area contributed by atoms with Crippen LogP contribution in [0.5, 0.6) is 0 Å². The average Bonchev–Trinajstić information content (AvgIpc) is 2.70. The van der Waals surface area contributed by atoms with Crippen LogP contribution in [0.1, 0.15) is 122 Å². The highest BCUT2D eigenvalue weighted by Crippen LogP contribution is 2.29. The Morgan fingerprint density at radius 2 is 1.07 bits per heavy atom. The van der Waals surface area contributed by atoms with Crippen molar-refractivity contribution in [2.45, 2.75) is 122 Å². The predicted molar refractivity (Wildman–Crippen MR) is 114 cm³/mol. The van der Waals surface area contributed by atoms with Gasteiger partial charge in [0, 0.05) is 0 Å². The molecule has 0 radical (unpaired) electrons. The summed E-state index contributed by atoms with van der Waals surface area (Å²) in [5, 5.41) is 9.00. The van der Waals surface area contributed by atoms with E-state index in [1.165, 1.54) is 77.0 Å². The van der Waals surface area contributed by atoms with E-state index in [2.05, 4.69) is 6.92 Å². The standard InChI is InChI=1S/C24H44O4/c1-2-3-4-5-6-7-8-9-10-11-12-13-14-15-20-28-24(27)22-18-16-21(17-19-22)23(25)26/h21-22H,2-20H2,1H3,(H,25,26). The fourth-order valence-corrected chi connectivity index (χ4v) is 4.16. The van der Waals surface area contributed by atoms with Crippen molar-refractivity contribution >= 4 is 11.9 Å². The maximum Gasteiger partial charge on any atom is 0.308 e. The Morgan fingerprint density at radius 1 is 0.679 bits per heavy atom. The predicted octanol–water partition coefficient (Wildman–Crippen LogP) is 6.90. The highest BCUT2D eigenvalue weighted by Gasteiger charge is 2.30. The van der Waals surface area contributed by atoms with Gasteiger partial charge in [-0.3, -0.25) is 9.59 Å². The van der Waals surface area contributed by atoms with Crippen molar-refractivity contribution in [2.75, 3.05) is 6.61 Å². The van der Waals surface area contributed by atoms with Crippen molar-refractivity contribution in [3.8, 4) is 0 Å². The van der Waals surface area contributed by atoms with Crippen molar-refractivity contribution < 1.29 is 19.4 Å². The largest absolute Gasteiger partial charge is 0.481 e. The SMILES string of the molecule is CCCCCCCCCCCCCCCCOC(=O)C1CCC(C(=O)O)CC1. The van der Waals surface area contributed by atoms with Gasteiger partial charge in [0.05, 0.1) is 18.4 Å². The monoisotopic (exact) mass is 396 g/mol. The molecule has 1 aliphatic rings. The van der Waals surface area contributed by atoms with Crippen molar-refractivity contribution in [3.63, 3.8) is 0 Å². The van der Waals surface area contributed by atoms with Crippen LogP contribution >= 0.6 is 0 Å². The fourth-order valence-electron chi connectivity index (χ4n) is 4.16. The van der Waals surface area contributed by atoms with Crippen LogP contribution in [0.15, 0.2) is 0 Å². The number of hydrogen-bond acceptors (Lipinski definition) is 3. The van der Waals surface area contributed by atoms with Gasteiger partial charge in [0.2, 0.25) is 0 Å². The van der Waals surface area contributed by atoms with Gasteiger partial charge in [-0.1, -0.05) is 90.4 Å². The molecule has 0 heterocycles. The Kier molecular flexibility index (Phi) is 15.0. The molecule has 0 bridgehead atoms. The first-order chi connectivity index (χ1) is 13.6. The Hall–Kier alpha value is -1.06. The summed E-state index contributed by atoms with van der Waals surface area (Å²) in [5.41, 5.74) is 0. The molecule has 4 heteroatoms. The third-order valence-corrected chi connectivity index (χ3v) is 6.15. The molecule has 0 atom stereocenters. The van der Waals surface area contributed by atoms with Gasteiger partial charge >= 0.3 is 11.9 Å². The Balaban J connectivity index is 1.82. The second-order valence-corrected chi connectivity index (χ2v) is 8.65. The number of aliphatic carboxylic acids is 1. The maximum absolute atomic E-state index is 12.0. The molecule has 1 fully saturated rings. The molecule has 1 N–H and O–H groups in total. The fraction of sp³-hybridized carbons (Fsp3) is 0.917. The molecule has 0 aromatic heterocycles. The highest BCUT2D eigenvalue weighted by atomic mass is 16.5. The number of carboxylic acid groups (broad SMARTS) is 1. The molecule has 0 aliphatic heterocycles. The van der Waals surface area contributed by atoms with E-state index >= 15 is 0 Å². The minimum Gasteiger partial charge on any atom is -0.481 e. The number of ether oxygens (including phenoxy) is 1. The molecule has 0 aromatic carbocycles. The summed E-state index contributed by atoms with van der Waals surface area (Å²) in [6, 6.07) is 0. The number of rotatable bonds is 17. The zero-order chi connectivity index (χ0) is 20.5. The second-order valence-electron chi connectivity index (χ2n) is 8.65. The Bertz CT molecular complexity index is 399. The number of carbonyl (C=O) groups is 2. The van der Waals surface area contributed by atoms with Crippen molar-refractivity contribution in [1.29, 1.82) is 0 Å². The van der Waals surface area contributed by atoms with Gasteiger partial charge in [-0.2, -0.15) is 0 Å². The maximum atomic E-state index is 12.0. The molecule has 164 valence electrons. The lowest BCUT2D eigenvalue weighted by Gasteiger charge is -2.24. The molecular weight excluding hydrogens is 352 g/mol. The lowest BCUT2D eigenvalue weighted by Crippen LogP contribution is -2.27. The Morgan fingerprint density at radius 3 is 1.50 bits per heavy atom. The lowest BCUT2D eigenvalue weighted by molar-refractivity contribution is -0.152. The summed E-state index contributed by atoms with van der Waals surface area (Å²) in [7, 11) is 0. The molecule has 0 unspecified atom stereocenters. The van der Waals surface area contributed by atoms with E-state index in [0.717, 1.165) is 12.8 Å². The van der Waals surface area contributed by atoms with Gasteiger partial charge < -0.3 is 9.84 Å². The summed E-state index contributed by atoms with van der Waals surface area (Å²) in [6.45, 7) is 2.79. The molecule has 1 aliphatic carbocycles. The van der Waals surface area contributed by atoms with Crippen LogP contribution in [0, 0.1) is 11.8 Å². The van der Waals surface area contributed by atoms with Gasteiger partial charge in [-0.05, 0) is 32.1 Å². The van der Waals surface area contributed by atoms with Gasteiger partial charge in [-0.25, -0.2) is 0 Å². The van der Waals surface area contributed by atoms with Crippen molar-refractivity contribution in [2.24, 2.45) is 11.8 Å². The van der Waals surface area contributed by atoms with Gasteiger partial charge in [0.15, 0.2) is 0 Å². The summed E-state index contributed by atoms with van der Waals surface area (Å²) in [4.78, 5) is 23.0. The zero-order valence-electron chi connectivity index (χ0n) is 18.3. The minimum atomic E-state index is -0.728. The molecule has 0 spiro atoms. The first-order valence-electron chi connectivity index (χ1n) is 12.0. The van der Waals surface area contributed by atoms with E-state index in [4.69, 9.17) is 9.84 Å². The van der Waals surface area contributed by atoms with Crippen LogP contribution < -0.4 is 0 Å². The highest BCUT2D eigenvalue weighted by molar-refractivity contribution is 5.74. The first-order valence-corrected chi connectivity index (χ1v) is 12.0. The molecule has 1 rings (SSSR count). The van der Waals surface area contributed by atoms with E-state index in [9.17, 15) is 9.59 Å². The van der Waals surface area contributed by atoms with Crippen LogP contribution in [0.3, 0.4) is 0 Å². The summed E-state index contributed by atoms with van der Waals surface area (Å²) in [5.74, 6) is -1.19. The van der Waals surface area contributed by atoms with Crippen LogP contribution in [0.25, 0.3) is 0 Å². The van der Waals surface area contributed by atoms with Gasteiger partial charge in [0.25, 0.3) is 0 Å². The molecule has 0 aromatic rings. The van der Waals surface area contributed by atoms with Crippen molar-refractivity contribution in [3.05, 3.63) is 0 Å². The summed E-state index contributed by atoms with van der Waals surface area (Å²) in [6.07, 6.45) is 21.0. The normalized spacial score (nSPS) is 19.5. The Labute approximate surface area is 172 Å². The van der Waals surface area contributed by atoms with Crippen LogP contribution in [-0.2, 0) is 14.3 Å². The summed E-state index contributed by atoms with van der Waals surface area (Å²) < 4.78 is 5.40. The second kappa shape index (κ2) is 16.9. The first kappa shape index (κ1) is 25.0. The lowest BCUT2D eigenvalue weighted by atomic mass is 9.82. The number of esters is 1. The smallest absolute Gasteiger partial charge is 0.308 e. The van der Waals surface area contributed by atoms with Gasteiger partial charge in [-0.15, -0.1) is 0 Å². The molecular formula is C24H44O4. The third-order valence-electron chi connectivity index (χ3n) is 6.15.